The Morgan fingerprint density at radius 3 is 0.821 bits per heavy atom. The molecule has 16 aromatic rings. The van der Waals surface area contributed by atoms with Crippen molar-refractivity contribution in [1.82, 2.24) is 0 Å². The summed E-state index contributed by atoms with van der Waals surface area (Å²) in [6.07, 6.45) is 0. The zero-order valence-electron chi connectivity index (χ0n) is 45.4. The average molecular weight is 1100 g/mol. The Morgan fingerprint density at radius 2 is 0.476 bits per heavy atom. The lowest BCUT2D eigenvalue weighted by Gasteiger charge is -2.29. The first-order valence-corrected chi connectivity index (χ1v) is 31.8. The molecule has 0 amide bonds. The van der Waals surface area contributed by atoms with E-state index in [1.165, 1.54) is 53.9 Å². The molecule has 0 aromatic heterocycles. The van der Waals surface area contributed by atoms with Gasteiger partial charge in [-0.25, -0.2) is 0 Å². The maximum atomic E-state index is 17.4. The number of hydrogen-bond acceptors (Lipinski definition) is 2. The van der Waals surface area contributed by atoms with Crippen molar-refractivity contribution in [3.8, 4) is 34.8 Å². The topological polar surface area (TPSA) is 34.1 Å². The van der Waals surface area contributed by atoms with Gasteiger partial charge in [-0.3, -0.25) is 0 Å². The van der Waals surface area contributed by atoms with Crippen LogP contribution in [0.5, 0.6) is 0 Å². The maximum absolute atomic E-state index is 17.4. The monoisotopic (exact) mass is 1100 g/mol. The summed E-state index contributed by atoms with van der Waals surface area (Å²) in [6, 6.07) is 99.5. The second-order valence-corrected chi connectivity index (χ2v) is 27.2. The standard InChI is InChI=1S/C80H48O2P2/c81-83(63-23-5-1-6-24-63,64-25-7-2-8-26-64)73-51-49-67-53(33-35-55-37-39-61-43-41-57-19-13-21-59-45-47-69(55)77(61)75(57)59)17-15-31-71(67)79(73)80-72-32-16-18-54(34-36-56-38-40-62-44-42-58-20-14-22-60-46-48-70(56)78(62)76(58)60)68(72)50-52-74(80)84(82,65-27-9-3-10-28-65)66-29-11-4-12-30-66/h1-32,37-52H. The van der Waals surface area contributed by atoms with Crippen LogP contribution in [0.25, 0.3) is 97.3 Å². The van der Waals surface area contributed by atoms with E-state index in [-0.39, 0.29) is 0 Å². The van der Waals surface area contributed by atoms with Crippen LogP contribution in [0, 0.1) is 23.7 Å². The zero-order chi connectivity index (χ0) is 55.9. The number of benzene rings is 16. The first kappa shape index (κ1) is 49.5. The van der Waals surface area contributed by atoms with E-state index in [1.54, 1.807) is 0 Å². The van der Waals surface area contributed by atoms with Crippen LogP contribution in [-0.2, 0) is 9.13 Å². The number of rotatable bonds is 7. The Balaban J connectivity index is 1.01. The highest BCUT2D eigenvalue weighted by molar-refractivity contribution is 7.86. The molecule has 0 aliphatic rings. The van der Waals surface area contributed by atoms with Crippen LogP contribution >= 0.6 is 14.3 Å². The fourth-order valence-electron chi connectivity index (χ4n) is 13.3. The highest BCUT2D eigenvalue weighted by atomic mass is 31.2. The maximum Gasteiger partial charge on any atom is 0.171 e. The van der Waals surface area contributed by atoms with E-state index in [0.29, 0.717) is 31.8 Å². The van der Waals surface area contributed by atoms with E-state index in [9.17, 15) is 0 Å². The van der Waals surface area contributed by atoms with Gasteiger partial charge in [0.05, 0.1) is 0 Å². The normalized spacial score (nSPS) is 12.0. The molecule has 0 saturated carbocycles. The van der Waals surface area contributed by atoms with Gasteiger partial charge in [0.2, 0.25) is 0 Å². The third-order valence-electron chi connectivity index (χ3n) is 17.2. The van der Waals surface area contributed by atoms with Crippen molar-refractivity contribution in [2.75, 3.05) is 0 Å². The van der Waals surface area contributed by atoms with Gasteiger partial charge in [-0.2, -0.15) is 0 Å². The van der Waals surface area contributed by atoms with Gasteiger partial charge < -0.3 is 9.13 Å². The summed E-state index contributed by atoms with van der Waals surface area (Å²) in [5.74, 6) is 14.7. The number of hydrogen-bond donors (Lipinski definition) is 0. The summed E-state index contributed by atoms with van der Waals surface area (Å²) in [5.41, 5.74) is 4.98. The lowest BCUT2D eigenvalue weighted by Crippen LogP contribution is -2.30. The second-order valence-electron chi connectivity index (χ2n) is 21.7. The van der Waals surface area contributed by atoms with Crippen LogP contribution in [0.15, 0.2) is 291 Å². The van der Waals surface area contributed by atoms with Crippen LogP contribution in [0.2, 0.25) is 0 Å². The minimum atomic E-state index is -3.78. The van der Waals surface area contributed by atoms with E-state index in [1.807, 2.05) is 121 Å². The fraction of sp³-hybridized carbons (Fsp3) is 0. The molecule has 0 atom stereocenters. The molecule has 2 nitrogen and oxygen atoms in total. The minimum Gasteiger partial charge on any atom is -0.309 e. The summed E-state index contributed by atoms with van der Waals surface area (Å²) >= 11 is 0. The van der Waals surface area contributed by atoms with Gasteiger partial charge in [-0.15, -0.1) is 0 Å². The molecule has 0 N–H and O–H groups in total. The van der Waals surface area contributed by atoms with Crippen LogP contribution in [0.3, 0.4) is 0 Å². The predicted octanol–water partition coefficient (Wildman–Crippen LogP) is 17.5. The van der Waals surface area contributed by atoms with Crippen LogP contribution in [0.4, 0.5) is 0 Å². The Hall–Kier alpha value is -10.3. The molecule has 0 heterocycles. The summed E-state index contributed by atoms with van der Waals surface area (Å²) in [6.45, 7) is 0. The lowest BCUT2D eigenvalue weighted by molar-refractivity contribution is 0.591. The van der Waals surface area contributed by atoms with Crippen molar-refractivity contribution < 1.29 is 9.13 Å². The molecule has 0 aliphatic carbocycles. The molecule has 84 heavy (non-hydrogen) atoms. The molecule has 0 spiro atoms. The van der Waals surface area contributed by atoms with Gasteiger partial charge >= 0.3 is 0 Å². The van der Waals surface area contributed by atoms with E-state index >= 15 is 9.13 Å². The molecule has 0 unspecified atom stereocenters. The van der Waals surface area contributed by atoms with Crippen molar-refractivity contribution in [1.29, 1.82) is 0 Å². The quantitative estimate of drug-likeness (QED) is 0.0905. The third-order valence-corrected chi connectivity index (χ3v) is 23.4. The van der Waals surface area contributed by atoms with Crippen molar-refractivity contribution in [3.63, 3.8) is 0 Å². The Morgan fingerprint density at radius 1 is 0.202 bits per heavy atom. The summed E-state index contributed by atoms with van der Waals surface area (Å²) < 4.78 is 34.8. The van der Waals surface area contributed by atoms with Crippen molar-refractivity contribution in [3.05, 3.63) is 313 Å². The van der Waals surface area contributed by atoms with Gasteiger partial charge in [-0.05, 0) is 123 Å². The van der Waals surface area contributed by atoms with Crippen LogP contribution in [0.1, 0.15) is 22.3 Å². The molecule has 0 saturated heterocycles. The largest absolute Gasteiger partial charge is 0.309 e. The van der Waals surface area contributed by atoms with E-state index < -0.39 is 14.3 Å². The summed E-state index contributed by atoms with van der Waals surface area (Å²) in [4.78, 5) is 0. The van der Waals surface area contributed by atoms with E-state index in [2.05, 4.69) is 194 Å². The highest BCUT2D eigenvalue weighted by Crippen LogP contribution is 2.52. The highest BCUT2D eigenvalue weighted by Gasteiger charge is 2.38. The van der Waals surface area contributed by atoms with Gasteiger partial charge in [0.1, 0.15) is 0 Å². The van der Waals surface area contributed by atoms with Crippen molar-refractivity contribution >= 4 is 132 Å². The minimum absolute atomic E-state index is 0.635. The van der Waals surface area contributed by atoms with Gasteiger partial charge in [0, 0.05) is 65.2 Å². The predicted molar refractivity (Wildman–Crippen MR) is 358 cm³/mol. The SMILES string of the molecule is O=P(c1ccccc1)(c1ccccc1)c1ccc2c(C#Cc3ccc4ccc5cccc6ccc3c4c56)cccc2c1-c1c(P(=O)(c2ccccc2)c2ccccc2)ccc2c(C#Cc3ccc4ccc5cccc6ccc3c4c56)cccc12. The molecular weight excluding hydrogens is 1050 g/mol. The van der Waals surface area contributed by atoms with Crippen LogP contribution < -0.4 is 31.8 Å². The summed E-state index contributed by atoms with van der Waals surface area (Å²) in [5, 5.41) is 21.8. The molecular formula is C80H48O2P2. The molecule has 0 fully saturated rings. The molecule has 0 bridgehead atoms. The zero-order valence-corrected chi connectivity index (χ0v) is 47.2. The molecule has 16 aromatic carbocycles. The first-order chi connectivity index (χ1) is 41.4. The van der Waals surface area contributed by atoms with Gasteiger partial charge in [0.15, 0.2) is 14.3 Å². The average Bonchev–Trinajstić information content (AvgIpc) is 1.21. The second kappa shape index (κ2) is 19.7. The molecule has 0 radical (unpaired) electrons. The fourth-order valence-corrected chi connectivity index (χ4v) is 19.1. The molecule has 4 heteroatoms. The first-order valence-electron chi connectivity index (χ1n) is 28.4. The molecule has 0 aliphatic heterocycles. The van der Waals surface area contributed by atoms with Crippen molar-refractivity contribution in [2.45, 2.75) is 0 Å². The Kier molecular flexibility index (Phi) is 11.6. The third kappa shape index (κ3) is 7.70. The van der Waals surface area contributed by atoms with Crippen LogP contribution in [-0.4, -0.2) is 0 Å². The smallest absolute Gasteiger partial charge is 0.171 e. The van der Waals surface area contributed by atoms with E-state index in [0.717, 1.165) is 65.7 Å². The van der Waals surface area contributed by atoms with Gasteiger partial charge in [-0.1, -0.05) is 278 Å². The van der Waals surface area contributed by atoms with E-state index in [4.69, 9.17) is 0 Å². The Labute approximate surface area is 486 Å². The Bertz CT molecular complexity index is 5090. The lowest BCUT2D eigenvalue weighted by atomic mass is 9.90. The van der Waals surface area contributed by atoms with Gasteiger partial charge in [0.25, 0.3) is 0 Å². The number of fused-ring (bicyclic) bond motifs is 2. The molecule has 390 valence electrons. The summed E-state index contributed by atoms with van der Waals surface area (Å²) in [7, 11) is -7.56. The molecule has 16 rings (SSSR count). The van der Waals surface area contributed by atoms with Crippen molar-refractivity contribution in [2.24, 2.45) is 0 Å².